The van der Waals surface area contributed by atoms with E-state index in [1.807, 2.05) is 19.1 Å². The molecule has 1 rings (SSSR count). The van der Waals surface area contributed by atoms with E-state index in [0.717, 1.165) is 18.6 Å². The molecule has 0 bridgehead atoms. The summed E-state index contributed by atoms with van der Waals surface area (Å²) in [6.45, 7) is 4.12. The molecule has 1 unspecified atom stereocenters. The first-order valence-corrected chi connectivity index (χ1v) is 5.31. The summed E-state index contributed by atoms with van der Waals surface area (Å²) in [6, 6.07) is 0. The van der Waals surface area contributed by atoms with Crippen LogP contribution in [0.15, 0.2) is 27.5 Å². The molecule has 1 aliphatic heterocycles. The van der Waals surface area contributed by atoms with Crippen molar-refractivity contribution < 1.29 is 4.21 Å². The van der Waals surface area contributed by atoms with Gasteiger partial charge in [0.1, 0.15) is 0 Å². The zero-order chi connectivity index (χ0) is 8.97. The van der Waals surface area contributed by atoms with Gasteiger partial charge in [0, 0.05) is 5.41 Å². The van der Waals surface area contributed by atoms with Crippen molar-refractivity contribution in [3.63, 3.8) is 0 Å². The van der Waals surface area contributed by atoms with Crippen LogP contribution in [-0.2, 0) is 11.0 Å². The van der Waals surface area contributed by atoms with Gasteiger partial charge in [-0.3, -0.25) is 0 Å². The largest absolute Gasteiger partial charge is 0.230 e. The SMILES string of the molecule is CCC1=CC=CS(=O)N=C1CC. The molecule has 0 aromatic carbocycles. The van der Waals surface area contributed by atoms with Gasteiger partial charge < -0.3 is 0 Å². The fourth-order valence-corrected chi connectivity index (χ4v) is 1.87. The molecule has 1 atom stereocenters. The summed E-state index contributed by atoms with van der Waals surface area (Å²) in [5.41, 5.74) is 2.17. The third kappa shape index (κ3) is 2.14. The number of hydrogen-bond donors (Lipinski definition) is 0. The topological polar surface area (TPSA) is 29.4 Å². The van der Waals surface area contributed by atoms with Crippen LogP contribution in [0.2, 0.25) is 0 Å². The summed E-state index contributed by atoms with van der Waals surface area (Å²) in [5, 5.41) is 1.61. The molecular formula is C9H13NOS. The highest BCUT2D eigenvalue weighted by Gasteiger charge is 2.05. The Kier molecular flexibility index (Phi) is 3.41. The van der Waals surface area contributed by atoms with E-state index in [1.165, 1.54) is 5.57 Å². The Morgan fingerprint density at radius 3 is 2.75 bits per heavy atom. The first kappa shape index (κ1) is 9.39. The van der Waals surface area contributed by atoms with E-state index in [0.29, 0.717) is 0 Å². The van der Waals surface area contributed by atoms with Crippen molar-refractivity contribution in [2.45, 2.75) is 26.7 Å². The van der Waals surface area contributed by atoms with Crippen molar-refractivity contribution in [2.75, 3.05) is 0 Å². The van der Waals surface area contributed by atoms with E-state index in [4.69, 9.17) is 0 Å². The van der Waals surface area contributed by atoms with Gasteiger partial charge in [-0.25, -0.2) is 4.21 Å². The molecule has 0 saturated carbocycles. The van der Waals surface area contributed by atoms with Crippen LogP contribution in [0.4, 0.5) is 0 Å². The third-order valence-electron chi connectivity index (χ3n) is 1.78. The Morgan fingerprint density at radius 2 is 2.17 bits per heavy atom. The Bertz CT molecular complexity index is 276. The van der Waals surface area contributed by atoms with Crippen molar-refractivity contribution in [3.8, 4) is 0 Å². The second-order valence-electron chi connectivity index (χ2n) is 2.54. The summed E-state index contributed by atoms with van der Waals surface area (Å²) >= 11 is 0. The van der Waals surface area contributed by atoms with E-state index in [2.05, 4.69) is 11.3 Å². The van der Waals surface area contributed by atoms with Gasteiger partial charge in [0.05, 0.1) is 5.71 Å². The van der Waals surface area contributed by atoms with Crippen LogP contribution in [0.1, 0.15) is 26.7 Å². The van der Waals surface area contributed by atoms with Crippen LogP contribution in [0.25, 0.3) is 0 Å². The Labute approximate surface area is 75.7 Å². The van der Waals surface area contributed by atoms with Gasteiger partial charge in [0.2, 0.25) is 0 Å². The lowest BCUT2D eigenvalue weighted by Gasteiger charge is -2.02. The molecule has 0 amide bonds. The minimum absolute atomic E-state index is 0.854. The van der Waals surface area contributed by atoms with Crippen LogP contribution >= 0.6 is 0 Å². The van der Waals surface area contributed by atoms with Gasteiger partial charge >= 0.3 is 0 Å². The predicted octanol–water partition coefficient (Wildman–Crippen LogP) is 2.36. The normalized spacial score (nSPS) is 23.0. The molecule has 1 aliphatic rings. The summed E-state index contributed by atoms with van der Waals surface area (Å²) in [7, 11) is -1.15. The van der Waals surface area contributed by atoms with E-state index < -0.39 is 11.0 Å². The van der Waals surface area contributed by atoms with Crippen molar-refractivity contribution in [1.82, 2.24) is 0 Å². The number of hydrogen-bond acceptors (Lipinski definition) is 1. The number of allylic oxidation sites excluding steroid dienone is 3. The summed E-state index contributed by atoms with van der Waals surface area (Å²) < 4.78 is 15.2. The van der Waals surface area contributed by atoms with Crippen LogP contribution in [0, 0.1) is 0 Å². The molecule has 1 heterocycles. The average molecular weight is 183 g/mol. The smallest absolute Gasteiger partial charge is 0.165 e. The van der Waals surface area contributed by atoms with Gasteiger partial charge in [-0.05, 0) is 18.4 Å². The zero-order valence-corrected chi connectivity index (χ0v) is 8.23. The molecule has 3 heteroatoms. The van der Waals surface area contributed by atoms with Crippen molar-refractivity contribution in [1.29, 1.82) is 0 Å². The van der Waals surface area contributed by atoms with Crippen molar-refractivity contribution in [2.24, 2.45) is 4.40 Å². The molecule has 0 fully saturated rings. The van der Waals surface area contributed by atoms with Crippen molar-refractivity contribution in [3.05, 3.63) is 23.1 Å². The molecule has 66 valence electrons. The highest BCUT2D eigenvalue weighted by atomic mass is 32.2. The molecule has 0 radical (unpaired) electrons. The lowest BCUT2D eigenvalue weighted by Crippen LogP contribution is -2.00. The molecule has 2 nitrogen and oxygen atoms in total. The fourth-order valence-electron chi connectivity index (χ4n) is 1.13. The highest BCUT2D eigenvalue weighted by Crippen LogP contribution is 2.11. The summed E-state index contributed by atoms with van der Waals surface area (Å²) in [4.78, 5) is 0. The second-order valence-corrected chi connectivity index (χ2v) is 3.55. The maximum atomic E-state index is 11.1. The quantitative estimate of drug-likeness (QED) is 0.646. The van der Waals surface area contributed by atoms with Gasteiger partial charge in [-0.15, -0.1) is 0 Å². The lowest BCUT2D eigenvalue weighted by molar-refractivity contribution is 0.689. The molecule has 0 aromatic heterocycles. The molecule has 0 aliphatic carbocycles. The summed E-state index contributed by atoms with van der Waals surface area (Å²) in [5.74, 6) is 0. The first-order valence-electron chi connectivity index (χ1n) is 4.14. The summed E-state index contributed by atoms with van der Waals surface area (Å²) in [6.07, 6.45) is 5.62. The van der Waals surface area contributed by atoms with Crippen molar-refractivity contribution >= 4 is 16.7 Å². The zero-order valence-electron chi connectivity index (χ0n) is 7.41. The highest BCUT2D eigenvalue weighted by molar-refractivity contribution is 7.86. The van der Waals surface area contributed by atoms with Gasteiger partial charge in [0.25, 0.3) is 0 Å². The minimum atomic E-state index is -1.15. The van der Waals surface area contributed by atoms with E-state index in [9.17, 15) is 4.21 Å². The van der Waals surface area contributed by atoms with Crippen LogP contribution in [0.3, 0.4) is 0 Å². The fraction of sp³-hybridized carbons (Fsp3) is 0.444. The van der Waals surface area contributed by atoms with Gasteiger partial charge in [0.15, 0.2) is 11.0 Å². The maximum absolute atomic E-state index is 11.1. The standard InChI is InChI=1S/C9H13NOS/c1-3-8-6-5-7-12(11)10-9(8)4-2/h5-7H,3-4H2,1-2H3. The maximum Gasteiger partial charge on any atom is 0.165 e. The second kappa shape index (κ2) is 4.36. The monoisotopic (exact) mass is 183 g/mol. The van der Waals surface area contributed by atoms with E-state index in [1.54, 1.807) is 5.41 Å². The predicted molar refractivity (Wildman–Crippen MR) is 53.4 cm³/mol. The average Bonchev–Trinajstić information content (AvgIpc) is 2.26. The van der Waals surface area contributed by atoms with E-state index in [-0.39, 0.29) is 0 Å². The van der Waals surface area contributed by atoms with Crippen LogP contribution in [0.5, 0.6) is 0 Å². The van der Waals surface area contributed by atoms with Crippen LogP contribution < -0.4 is 0 Å². The molecular weight excluding hydrogens is 170 g/mol. The lowest BCUT2D eigenvalue weighted by atomic mass is 10.1. The van der Waals surface area contributed by atoms with Gasteiger partial charge in [-0.2, -0.15) is 4.40 Å². The van der Waals surface area contributed by atoms with Gasteiger partial charge in [-0.1, -0.05) is 26.0 Å². The molecule has 12 heavy (non-hydrogen) atoms. The molecule has 0 N–H and O–H groups in total. The van der Waals surface area contributed by atoms with E-state index >= 15 is 0 Å². The molecule has 0 saturated heterocycles. The number of rotatable bonds is 2. The van der Waals surface area contributed by atoms with Crippen LogP contribution in [-0.4, -0.2) is 9.92 Å². The first-order chi connectivity index (χ1) is 5.77. The Balaban J connectivity index is 2.98. The minimum Gasteiger partial charge on any atom is -0.230 e. The Morgan fingerprint density at radius 1 is 1.42 bits per heavy atom. The molecule has 0 aromatic rings. The molecule has 0 spiro atoms. The Hall–Kier alpha value is -0.700. The third-order valence-corrected chi connectivity index (χ3v) is 2.57. The number of nitrogens with zero attached hydrogens (tertiary/aromatic N) is 1.